The van der Waals surface area contributed by atoms with Gasteiger partial charge in [-0.1, -0.05) is 29.8 Å². The average molecular weight is 290 g/mol. The van der Waals surface area contributed by atoms with Crippen molar-refractivity contribution in [2.24, 2.45) is 0 Å². The second-order valence-electron chi connectivity index (χ2n) is 6.26. The zero-order valence-electron chi connectivity index (χ0n) is 14.1. The molecule has 0 saturated heterocycles. The van der Waals surface area contributed by atoms with Crippen LogP contribution in [-0.4, -0.2) is 36.0 Å². The molecule has 0 aliphatic carbocycles. The summed E-state index contributed by atoms with van der Waals surface area (Å²) in [6, 6.07) is 9.37. The molecule has 3 heteroatoms. The topological polar surface area (TPSA) is 32.3 Å². The average Bonchev–Trinajstić information content (AvgIpc) is 2.40. The van der Waals surface area contributed by atoms with Gasteiger partial charge in [-0.2, -0.15) is 0 Å². The third kappa shape index (κ3) is 6.76. The lowest BCUT2D eigenvalue weighted by molar-refractivity contribution is -0.121. The highest BCUT2D eigenvalue weighted by molar-refractivity contribution is 5.76. The van der Waals surface area contributed by atoms with Crippen LogP contribution in [0.3, 0.4) is 0 Å². The number of rotatable bonds is 8. The number of hydrogen-bond donors (Lipinski definition) is 1. The monoisotopic (exact) mass is 290 g/mol. The first-order chi connectivity index (χ1) is 9.90. The van der Waals surface area contributed by atoms with E-state index in [0.29, 0.717) is 18.5 Å². The predicted molar refractivity (Wildman–Crippen MR) is 89.5 cm³/mol. The Morgan fingerprint density at radius 3 is 2.43 bits per heavy atom. The molecule has 1 aromatic carbocycles. The Balaban J connectivity index is 2.28. The summed E-state index contributed by atoms with van der Waals surface area (Å²) in [6.45, 7) is 12.5. The van der Waals surface area contributed by atoms with Gasteiger partial charge in [0.25, 0.3) is 0 Å². The highest BCUT2D eigenvalue weighted by Gasteiger charge is 2.12. The van der Waals surface area contributed by atoms with E-state index < -0.39 is 0 Å². The molecule has 0 radical (unpaired) electrons. The van der Waals surface area contributed by atoms with Crippen molar-refractivity contribution in [3.63, 3.8) is 0 Å². The number of amides is 1. The van der Waals surface area contributed by atoms with Gasteiger partial charge in [-0.3, -0.25) is 9.69 Å². The standard InChI is InChI=1S/C18H30N2O/c1-14(2)20(15(3)4)12-11-19-18(21)10-9-17-8-6-7-16(5)13-17/h6-8,13-15H,9-12H2,1-5H3,(H,19,21). The summed E-state index contributed by atoms with van der Waals surface area (Å²) in [6.07, 6.45) is 1.37. The van der Waals surface area contributed by atoms with Crippen LogP contribution in [0.2, 0.25) is 0 Å². The minimum atomic E-state index is 0.143. The molecule has 0 saturated carbocycles. The normalized spacial score (nSPS) is 11.4. The Hall–Kier alpha value is -1.35. The van der Waals surface area contributed by atoms with Gasteiger partial charge in [-0.05, 0) is 46.6 Å². The Morgan fingerprint density at radius 2 is 1.86 bits per heavy atom. The molecule has 1 aromatic rings. The van der Waals surface area contributed by atoms with Crippen molar-refractivity contribution in [3.05, 3.63) is 35.4 Å². The maximum absolute atomic E-state index is 11.9. The lowest BCUT2D eigenvalue weighted by Crippen LogP contribution is -2.42. The Bertz CT molecular complexity index is 433. The molecule has 0 aliphatic heterocycles. The van der Waals surface area contributed by atoms with Crippen molar-refractivity contribution in [1.29, 1.82) is 0 Å². The molecule has 1 rings (SSSR count). The van der Waals surface area contributed by atoms with Gasteiger partial charge in [0.15, 0.2) is 0 Å². The molecule has 0 spiro atoms. The summed E-state index contributed by atoms with van der Waals surface area (Å²) in [4.78, 5) is 14.3. The zero-order valence-corrected chi connectivity index (χ0v) is 14.1. The lowest BCUT2D eigenvalue weighted by atomic mass is 10.1. The van der Waals surface area contributed by atoms with E-state index in [1.165, 1.54) is 11.1 Å². The molecule has 0 bridgehead atoms. The smallest absolute Gasteiger partial charge is 0.220 e. The molecular weight excluding hydrogens is 260 g/mol. The molecule has 0 heterocycles. The fourth-order valence-electron chi connectivity index (χ4n) is 2.65. The van der Waals surface area contributed by atoms with Gasteiger partial charge in [0.05, 0.1) is 0 Å². The van der Waals surface area contributed by atoms with Crippen LogP contribution < -0.4 is 5.32 Å². The van der Waals surface area contributed by atoms with E-state index in [0.717, 1.165) is 19.5 Å². The van der Waals surface area contributed by atoms with Gasteiger partial charge in [0.2, 0.25) is 5.91 Å². The molecule has 0 fully saturated rings. The number of nitrogens with one attached hydrogen (secondary N) is 1. The third-order valence-corrected chi connectivity index (χ3v) is 3.74. The quantitative estimate of drug-likeness (QED) is 0.797. The van der Waals surface area contributed by atoms with Crippen LogP contribution in [0.15, 0.2) is 24.3 Å². The highest BCUT2D eigenvalue weighted by atomic mass is 16.1. The third-order valence-electron chi connectivity index (χ3n) is 3.74. The largest absolute Gasteiger partial charge is 0.355 e. The summed E-state index contributed by atoms with van der Waals surface area (Å²) in [5.74, 6) is 0.143. The molecule has 0 unspecified atom stereocenters. The number of benzene rings is 1. The van der Waals surface area contributed by atoms with Gasteiger partial charge in [-0.25, -0.2) is 0 Å². The van der Waals surface area contributed by atoms with Crippen LogP contribution >= 0.6 is 0 Å². The summed E-state index contributed by atoms with van der Waals surface area (Å²) >= 11 is 0. The first kappa shape index (κ1) is 17.7. The van der Waals surface area contributed by atoms with E-state index in [1.807, 2.05) is 6.07 Å². The minimum absolute atomic E-state index is 0.143. The lowest BCUT2D eigenvalue weighted by Gasteiger charge is -2.30. The fourth-order valence-corrected chi connectivity index (χ4v) is 2.65. The first-order valence-electron chi connectivity index (χ1n) is 7.98. The number of aryl methyl sites for hydroxylation is 2. The minimum Gasteiger partial charge on any atom is -0.355 e. The van der Waals surface area contributed by atoms with Gasteiger partial charge < -0.3 is 5.32 Å². The summed E-state index contributed by atoms with van der Waals surface area (Å²) < 4.78 is 0. The van der Waals surface area contributed by atoms with E-state index in [2.05, 4.69) is 63.0 Å². The van der Waals surface area contributed by atoms with Crippen molar-refractivity contribution in [2.45, 2.75) is 59.5 Å². The van der Waals surface area contributed by atoms with Gasteiger partial charge in [0.1, 0.15) is 0 Å². The zero-order chi connectivity index (χ0) is 15.8. The number of hydrogen-bond acceptors (Lipinski definition) is 2. The maximum atomic E-state index is 11.9. The number of nitrogens with zero attached hydrogens (tertiary/aromatic N) is 1. The molecule has 1 amide bonds. The highest BCUT2D eigenvalue weighted by Crippen LogP contribution is 2.06. The second kappa shape index (κ2) is 8.83. The van der Waals surface area contributed by atoms with Crippen molar-refractivity contribution < 1.29 is 4.79 Å². The predicted octanol–water partition coefficient (Wildman–Crippen LogP) is 3.16. The Kier molecular flexibility index (Phi) is 7.44. The summed E-state index contributed by atoms with van der Waals surface area (Å²) in [7, 11) is 0. The van der Waals surface area contributed by atoms with E-state index in [-0.39, 0.29) is 5.91 Å². The molecular formula is C18H30N2O. The molecule has 21 heavy (non-hydrogen) atoms. The molecule has 1 N–H and O–H groups in total. The maximum Gasteiger partial charge on any atom is 0.220 e. The van der Waals surface area contributed by atoms with Crippen LogP contribution in [-0.2, 0) is 11.2 Å². The SMILES string of the molecule is Cc1cccc(CCC(=O)NCCN(C(C)C)C(C)C)c1. The number of carbonyl (C=O) groups excluding carboxylic acids is 1. The van der Waals surface area contributed by atoms with Crippen molar-refractivity contribution >= 4 is 5.91 Å². The number of carbonyl (C=O) groups is 1. The molecule has 0 aromatic heterocycles. The van der Waals surface area contributed by atoms with Gasteiger partial charge in [0, 0.05) is 31.6 Å². The molecule has 0 atom stereocenters. The van der Waals surface area contributed by atoms with E-state index in [9.17, 15) is 4.79 Å². The van der Waals surface area contributed by atoms with Crippen LogP contribution in [0.5, 0.6) is 0 Å². The van der Waals surface area contributed by atoms with Crippen molar-refractivity contribution in [2.75, 3.05) is 13.1 Å². The molecule has 0 aliphatic rings. The van der Waals surface area contributed by atoms with Crippen LogP contribution in [0.25, 0.3) is 0 Å². The van der Waals surface area contributed by atoms with E-state index in [1.54, 1.807) is 0 Å². The first-order valence-corrected chi connectivity index (χ1v) is 7.98. The van der Waals surface area contributed by atoms with Crippen molar-refractivity contribution in [1.82, 2.24) is 10.2 Å². The second-order valence-corrected chi connectivity index (χ2v) is 6.26. The molecule has 118 valence electrons. The molecule has 3 nitrogen and oxygen atoms in total. The summed E-state index contributed by atoms with van der Waals surface area (Å²) in [5.41, 5.74) is 2.48. The van der Waals surface area contributed by atoms with Gasteiger partial charge in [-0.15, -0.1) is 0 Å². The van der Waals surface area contributed by atoms with Gasteiger partial charge >= 0.3 is 0 Å². The summed E-state index contributed by atoms with van der Waals surface area (Å²) in [5, 5.41) is 3.03. The Morgan fingerprint density at radius 1 is 1.19 bits per heavy atom. The van der Waals surface area contributed by atoms with Crippen LogP contribution in [0, 0.1) is 6.92 Å². The fraction of sp³-hybridized carbons (Fsp3) is 0.611. The Labute approximate surface area is 129 Å². The van der Waals surface area contributed by atoms with Crippen molar-refractivity contribution in [3.8, 4) is 0 Å². The van der Waals surface area contributed by atoms with Crippen LogP contribution in [0.1, 0.15) is 45.2 Å². The van der Waals surface area contributed by atoms with E-state index in [4.69, 9.17) is 0 Å². The van der Waals surface area contributed by atoms with E-state index >= 15 is 0 Å². The van der Waals surface area contributed by atoms with Crippen LogP contribution in [0.4, 0.5) is 0 Å².